The minimum atomic E-state index is -3.71. The molecule has 0 saturated carbocycles. The third-order valence-electron chi connectivity index (χ3n) is 0.179. The Morgan fingerprint density at radius 1 is 1.33 bits per heavy atom. The van der Waals surface area contributed by atoms with Gasteiger partial charge in [-0.1, -0.05) is 15.9 Å². The van der Waals surface area contributed by atoms with Crippen LogP contribution in [0.2, 0.25) is 0 Å². The molecule has 0 radical (unpaired) electrons. The fraction of sp³-hybridized carbons (Fsp3) is 1.00. The molecule has 38 valence electrons. The summed E-state index contributed by atoms with van der Waals surface area (Å²) in [4.78, 5) is 24.0. The Balaban J connectivity index is 3.17. The van der Waals surface area contributed by atoms with Crippen molar-refractivity contribution in [1.29, 1.82) is 0 Å². The molecule has 0 aromatic heterocycles. The highest BCUT2D eigenvalue weighted by molar-refractivity contribution is 9.09. The van der Waals surface area contributed by atoms with Gasteiger partial charge < -0.3 is 14.4 Å². The molecule has 0 saturated heterocycles. The smallest absolute Gasteiger partial charge is 0.389 e. The molecule has 0 aromatic rings. The van der Waals surface area contributed by atoms with Gasteiger partial charge in [-0.15, -0.1) is 0 Å². The zero-order valence-electron chi connectivity index (χ0n) is 2.93. The molecule has 6 heavy (non-hydrogen) atoms. The zero-order valence-corrected chi connectivity index (χ0v) is 5.51. The number of alkyl halides is 1. The molecular weight excluding hydrogens is 168 g/mol. The second kappa shape index (κ2) is 2.03. The predicted molar refractivity (Wildman–Crippen MR) is 26.2 cm³/mol. The molecule has 0 fully saturated rings. The standard InChI is InChI=1S/CH5BrO3Si/c2-1-6(3,4)5/h3-5H,1H2. The lowest BCUT2D eigenvalue weighted by Gasteiger charge is -2.00. The summed E-state index contributed by atoms with van der Waals surface area (Å²) in [6.45, 7) is 0. The number of rotatable bonds is 1. The Hall–Kier alpha value is 0.577. The minimum absolute atomic E-state index is 0.111. The van der Waals surface area contributed by atoms with Gasteiger partial charge in [-0.2, -0.15) is 0 Å². The Kier molecular flexibility index (Phi) is 2.23. The summed E-state index contributed by atoms with van der Waals surface area (Å²) < 4.78 is 0. The van der Waals surface area contributed by atoms with E-state index in [0.717, 1.165) is 0 Å². The van der Waals surface area contributed by atoms with E-state index in [-0.39, 0.29) is 4.95 Å². The average Bonchev–Trinajstić information content (AvgIpc) is 1.35. The van der Waals surface area contributed by atoms with Gasteiger partial charge in [0, 0.05) is 0 Å². The molecule has 0 amide bonds. The molecule has 0 unspecified atom stereocenters. The molecule has 0 heterocycles. The van der Waals surface area contributed by atoms with Crippen LogP contribution in [-0.2, 0) is 0 Å². The SMILES string of the molecule is O[Si](O)(O)CBr. The monoisotopic (exact) mass is 172 g/mol. The molecule has 3 N–H and O–H groups in total. The van der Waals surface area contributed by atoms with Crippen LogP contribution in [0.15, 0.2) is 0 Å². The van der Waals surface area contributed by atoms with Crippen molar-refractivity contribution in [1.82, 2.24) is 0 Å². The molecule has 0 spiro atoms. The van der Waals surface area contributed by atoms with Crippen LogP contribution >= 0.6 is 15.9 Å². The quantitative estimate of drug-likeness (QED) is 0.346. The van der Waals surface area contributed by atoms with Gasteiger partial charge in [0.05, 0.1) is 4.95 Å². The van der Waals surface area contributed by atoms with E-state index in [1.54, 1.807) is 0 Å². The normalized spacial score (nSPS) is 12.0. The third kappa shape index (κ3) is 4.58. The molecule has 0 bridgehead atoms. The maximum atomic E-state index is 8.03. The number of hydrogen-bond donors (Lipinski definition) is 3. The van der Waals surface area contributed by atoms with Gasteiger partial charge in [0.15, 0.2) is 0 Å². The van der Waals surface area contributed by atoms with Crippen LogP contribution in [0.3, 0.4) is 0 Å². The van der Waals surface area contributed by atoms with Crippen LogP contribution in [0.4, 0.5) is 0 Å². The molecule has 0 aliphatic heterocycles. The first kappa shape index (κ1) is 6.58. The summed E-state index contributed by atoms with van der Waals surface area (Å²) in [5, 5.41) is 0. The maximum Gasteiger partial charge on any atom is 0.503 e. The lowest BCUT2D eigenvalue weighted by atomic mass is 11.9. The number of hydrogen-bond acceptors (Lipinski definition) is 3. The van der Waals surface area contributed by atoms with Gasteiger partial charge in [-0.25, -0.2) is 0 Å². The van der Waals surface area contributed by atoms with Crippen LogP contribution < -0.4 is 0 Å². The third-order valence-corrected chi connectivity index (χ3v) is 2.79. The Labute approximate surface area is 44.7 Å². The van der Waals surface area contributed by atoms with Gasteiger partial charge >= 0.3 is 8.80 Å². The fourth-order valence-corrected chi connectivity index (χ4v) is 0. The van der Waals surface area contributed by atoms with Gasteiger partial charge in [0.2, 0.25) is 0 Å². The number of halogens is 1. The van der Waals surface area contributed by atoms with E-state index >= 15 is 0 Å². The first-order chi connectivity index (χ1) is 2.56. The maximum absolute atomic E-state index is 8.03. The summed E-state index contributed by atoms with van der Waals surface area (Å²) in [7, 11) is -3.71. The van der Waals surface area contributed by atoms with Crippen LogP contribution in [0.5, 0.6) is 0 Å². The molecule has 0 aliphatic rings. The van der Waals surface area contributed by atoms with Crippen LogP contribution in [0.1, 0.15) is 0 Å². The molecule has 3 nitrogen and oxygen atoms in total. The van der Waals surface area contributed by atoms with Crippen LogP contribution in [-0.4, -0.2) is 28.1 Å². The molecule has 0 aromatic carbocycles. The van der Waals surface area contributed by atoms with E-state index in [1.165, 1.54) is 0 Å². The van der Waals surface area contributed by atoms with Crippen molar-refractivity contribution in [3.63, 3.8) is 0 Å². The second-order valence-electron chi connectivity index (χ2n) is 0.908. The summed E-state index contributed by atoms with van der Waals surface area (Å²) in [6.07, 6.45) is 0. The van der Waals surface area contributed by atoms with Crippen molar-refractivity contribution in [2.24, 2.45) is 0 Å². The van der Waals surface area contributed by atoms with Crippen molar-refractivity contribution in [2.45, 2.75) is 0 Å². The molecule has 0 rings (SSSR count). The molecule has 0 atom stereocenters. The van der Waals surface area contributed by atoms with Crippen molar-refractivity contribution < 1.29 is 14.4 Å². The molecule has 5 heteroatoms. The van der Waals surface area contributed by atoms with E-state index < -0.39 is 8.80 Å². The highest BCUT2D eigenvalue weighted by Gasteiger charge is 2.23. The Morgan fingerprint density at radius 2 is 1.50 bits per heavy atom. The van der Waals surface area contributed by atoms with Gasteiger partial charge in [0.25, 0.3) is 0 Å². The van der Waals surface area contributed by atoms with Crippen LogP contribution in [0.25, 0.3) is 0 Å². The van der Waals surface area contributed by atoms with E-state index in [9.17, 15) is 0 Å². The minimum Gasteiger partial charge on any atom is -0.389 e. The second-order valence-corrected chi connectivity index (χ2v) is 4.41. The average molecular weight is 173 g/mol. The van der Waals surface area contributed by atoms with E-state index in [4.69, 9.17) is 14.4 Å². The van der Waals surface area contributed by atoms with E-state index in [2.05, 4.69) is 15.9 Å². The Morgan fingerprint density at radius 3 is 1.50 bits per heavy atom. The summed E-state index contributed by atoms with van der Waals surface area (Å²) >= 11 is 2.68. The topological polar surface area (TPSA) is 60.7 Å². The summed E-state index contributed by atoms with van der Waals surface area (Å²) in [6, 6.07) is 0. The summed E-state index contributed by atoms with van der Waals surface area (Å²) in [5.41, 5.74) is 0. The van der Waals surface area contributed by atoms with Crippen molar-refractivity contribution in [3.8, 4) is 0 Å². The largest absolute Gasteiger partial charge is 0.503 e. The van der Waals surface area contributed by atoms with Gasteiger partial charge in [-0.05, 0) is 0 Å². The lowest BCUT2D eigenvalue weighted by molar-refractivity contribution is 0.238. The van der Waals surface area contributed by atoms with Gasteiger partial charge in [-0.3, -0.25) is 0 Å². The van der Waals surface area contributed by atoms with Crippen LogP contribution in [0, 0.1) is 0 Å². The van der Waals surface area contributed by atoms with Crippen molar-refractivity contribution >= 4 is 24.7 Å². The van der Waals surface area contributed by atoms with Crippen molar-refractivity contribution in [3.05, 3.63) is 0 Å². The van der Waals surface area contributed by atoms with E-state index in [1.807, 2.05) is 0 Å². The van der Waals surface area contributed by atoms with Crippen molar-refractivity contribution in [2.75, 3.05) is 4.95 Å². The fourth-order valence-electron chi connectivity index (χ4n) is 0. The zero-order chi connectivity index (χ0) is 5.21. The molecule has 0 aliphatic carbocycles. The first-order valence-corrected chi connectivity index (χ1v) is 4.46. The van der Waals surface area contributed by atoms with Gasteiger partial charge in [0.1, 0.15) is 0 Å². The first-order valence-electron chi connectivity index (χ1n) is 1.29. The summed E-state index contributed by atoms with van der Waals surface area (Å²) in [5.74, 6) is 0. The highest BCUT2D eigenvalue weighted by Crippen LogP contribution is 1.89. The highest BCUT2D eigenvalue weighted by atomic mass is 79.9. The molecular formula is CH5BrO3Si. The van der Waals surface area contributed by atoms with E-state index in [0.29, 0.717) is 0 Å². The Bertz CT molecular complexity index is 40.5. The predicted octanol–water partition coefficient (Wildman–Crippen LogP) is -1.16. The lowest BCUT2D eigenvalue weighted by Crippen LogP contribution is -2.36.